The van der Waals surface area contributed by atoms with Crippen LogP contribution in [0.5, 0.6) is 0 Å². The third-order valence-electron chi connectivity index (χ3n) is 3.89. The molecule has 0 bridgehead atoms. The third kappa shape index (κ3) is 4.27. The molecule has 1 fully saturated rings. The summed E-state index contributed by atoms with van der Waals surface area (Å²) in [5.41, 5.74) is 1.15. The predicted molar refractivity (Wildman–Crippen MR) is 77.9 cm³/mol. The first-order valence-corrected chi connectivity index (χ1v) is 7.36. The maximum Gasteiger partial charge on any atom is 0.317 e. The van der Waals surface area contributed by atoms with Gasteiger partial charge in [-0.15, -0.1) is 0 Å². The van der Waals surface area contributed by atoms with Crippen LogP contribution in [0.15, 0.2) is 30.3 Å². The lowest BCUT2D eigenvalue weighted by Gasteiger charge is -2.32. The average Bonchev–Trinajstić information content (AvgIpc) is 2.47. The van der Waals surface area contributed by atoms with Crippen molar-refractivity contribution in [3.05, 3.63) is 35.9 Å². The van der Waals surface area contributed by atoms with Gasteiger partial charge in [0.05, 0.1) is 0 Å². The molecule has 0 unspecified atom stereocenters. The monoisotopic (exact) mass is 260 g/mol. The minimum atomic E-state index is 0.0822. The van der Waals surface area contributed by atoms with Crippen LogP contribution in [0.1, 0.15) is 38.2 Å². The van der Waals surface area contributed by atoms with Crippen LogP contribution in [-0.2, 0) is 6.54 Å². The van der Waals surface area contributed by atoms with Gasteiger partial charge in [-0.3, -0.25) is 0 Å². The smallest absolute Gasteiger partial charge is 0.317 e. The standard InChI is InChI=1S/C16H24N2O/c1-2-6-14-9-11-18(12-10-14)16(19)17-13-15-7-4-3-5-8-15/h3-5,7-8,14H,2,6,9-13H2,1H3,(H,17,19). The van der Waals surface area contributed by atoms with E-state index in [9.17, 15) is 4.79 Å². The highest BCUT2D eigenvalue weighted by Crippen LogP contribution is 2.21. The van der Waals surface area contributed by atoms with Crippen molar-refractivity contribution in [2.45, 2.75) is 39.2 Å². The summed E-state index contributed by atoms with van der Waals surface area (Å²) in [7, 11) is 0. The Kier molecular flexibility index (Phi) is 5.25. The molecule has 1 aromatic rings. The second-order valence-electron chi connectivity index (χ2n) is 5.36. The van der Waals surface area contributed by atoms with Crippen molar-refractivity contribution in [3.8, 4) is 0 Å². The molecule has 1 N–H and O–H groups in total. The highest BCUT2D eigenvalue weighted by atomic mass is 16.2. The van der Waals surface area contributed by atoms with Gasteiger partial charge in [-0.25, -0.2) is 4.79 Å². The first kappa shape index (κ1) is 13.9. The van der Waals surface area contributed by atoms with Crippen molar-refractivity contribution < 1.29 is 4.79 Å². The molecule has 0 radical (unpaired) electrons. The van der Waals surface area contributed by atoms with Gasteiger partial charge in [-0.2, -0.15) is 0 Å². The minimum absolute atomic E-state index is 0.0822. The molecule has 0 atom stereocenters. The molecule has 1 saturated heterocycles. The van der Waals surface area contributed by atoms with E-state index < -0.39 is 0 Å². The molecule has 1 aliphatic heterocycles. The number of hydrogen-bond acceptors (Lipinski definition) is 1. The molecular weight excluding hydrogens is 236 g/mol. The van der Waals surface area contributed by atoms with Crippen LogP contribution in [0.3, 0.4) is 0 Å². The Morgan fingerprint density at radius 3 is 2.58 bits per heavy atom. The van der Waals surface area contributed by atoms with Crippen molar-refractivity contribution >= 4 is 6.03 Å². The maximum absolute atomic E-state index is 12.1. The lowest BCUT2D eigenvalue weighted by Crippen LogP contribution is -2.44. The molecule has 1 aliphatic rings. The highest BCUT2D eigenvalue weighted by molar-refractivity contribution is 5.74. The number of hydrogen-bond donors (Lipinski definition) is 1. The van der Waals surface area contributed by atoms with Gasteiger partial charge >= 0.3 is 6.03 Å². The Balaban J connectivity index is 1.73. The van der Waals surface area contributed by atoms with E-state index in [-0.39, 0.29) is 6.03 Å². The maximum atomic E-state index is 12.1. The molecule has 0 aromatic heterocycles. The summed E-state index contributed by atoms with van der Waals surface area (Å²) in [6, 6.07) is 10.1. The molecule has 19 heavy (non-hydrogen) atoms. The van der Waals surface area contributed by atoms with E-state index in [1.165, 1.54) is 12.8 Å². The fourth-order valence-corrected chi connectivity index (χ4v) is 2.72. The van der Waals surface area contributed by atoms with Crippen LogP contribution in [-0.4, -0.2) is 24.0 Å². The molecule has 0 saturated carbocycles. The summed E-state index contributed by atoms with van der Waals surface area (Å²) in [5, 5.41) is 3.00. The molecule has 104 valence electrons. The number of carbonyl (C=O) groups excluding carboxylic acids is 1. The summed E-state index contributed by atoms with van der Waals surface area (Å²) in [5.74, 6) is 0.822. The van der Waals surface area contributed by atoms with E-state index in [2.05, 4.69) is 12.2 Å². The van der Waals surface area contributed by atoms with Gasteiger partial charge in [0.25, 0.3) is 0 Å². The van der Waals surface area contributed by atoms with Crippen molar-refractivity contribution in [3.63, 3.8) is 0 Å². The fourth-order valence-electron chi connectivity index (χ4n) is 2.72. The number of nitrogens with zero attached hydrogens (tertiary/aromatic N) is 1. The SMILES string of the molecule is CCCC1CCN(C(=O)NCc2ccccc2)CC1. The Morgan fingerprint density at radius 1 is 1.26 bits per heavy atom. The zero-order valence-electron chi connectivity index (χ0n) is 11.8. The minimum Gasteiger partial charge on any atom is -0.334 e. The largest absolute Gasteiger partial charge is 0.334 e. The summed E-state index contributed by atoms with van der Waals surface area (Å²) >= 11 is 0. The predicted octanol–water partition coefficient (Wildman–Crippen LogP) is 3.41. The summed E-state index contributed by atoms with van der Waals surface area (Å²) in [6.45, 7) is 4.67. The van der Waals surface area contributed by atoms with E-state index in [0.29, 0.717) is 6.54 Å². The van der Waals surface area contributed by atoms with Crippen LogP contribution in [0, 0.1) is 5.92 Å². The first-order chi connectivity index (χ1) is 9.29. The Bertz CT molecular complexity index is 383. The molecule has 2 amide bonds. The Morgan fingerprint density at radius 2 is 1.95 bits per heavy atom. The summed E-state index contributed by atoms with van der Waals surface area (Å²) in [6.07, 6.45) is 4.88. The topological polar surface area (TPSA) is 32.3 Å². The van der Waals surface area contributed by atoms with E-state index in [1.807, 2.05) is 35.2 Å². The van der Waals surface area contributed by atoms with Crippen LogP contribution in [0.2, 0.25) is 0 Å². The Hall–Kier alpha value is -1.51. The van der Waals surface area contributed by atoms with Gasteiger partial charge in [0.1, 0.15) is 0 Å². The highest BCUT2D eigenvalue weighted by Gasteiger charge is 2.21. The van der Waals surface area contributed by atoms with Gasteiger partial charge in [0.2, 0.25) is 0 Å². The first-order valence-electron chi connectivity index (χ1n) is 7.36. The average molecular weight is 260 g/mol. The van der Waals surface area contributed by atoms with Crippen LogP contribution in [0.4, 0.5) is 4.79 Å². The molecule has 0 spiro atoms. The van der Waals surface area contributed by atoms with E-state index >= 15 is 0 Å². The normalized spacial score (nSPS) is 16.4. The van der Waals surface area contributed by atoms with Crippen molar-refractivity contribution in [1.29, 1.82) is 0 Å². The van der Waals surface area contributed by atoms with E-state index in [4.69, 9.17) is 0 Å². The zero-order chi connectivity index (χ0) is 13.5. The van der Waals surface area contributed by atoms with Gasteiger partial charge in [0, 0.05) is 19.6 Å². The lowest BCUT2D eigenvalue weighted by atomic mass is 9.93. The number of nitrogens with one attached hydrogen (secondary N) is 1. The number of piperidine rings is 1. The third-order valence-corrected chi connectivity index (χ3v) is 3.89. The van der Waals surface area contributed by atoms with Gasteiger partial charge in [-0.05, 0) is 24.3 Å². The zero-order valence-corrected chi connectivity index (χ0v) is 11.8. The number of urea groups is 1. The molecular formula is C16H24N2O. The number of carbonyl (C=O) groups is 1. The summed E-state index contributed by atoms with van der Waals surface area (Å²) < 4.78 is 0. The lowest BCUT2D eigenvalue weighted by molar-refractivity contribution is 0.167. The van der Waals surface area contributed by atoms with Gasteiger partial charge in [-0.1, -0.05) is 50.1 Å². The second kappa shape index (κ2) is 7.17. The number of benzene rings is 1. The summed E-state index contributed by atoms with van der Waals surface area (Å²) in [4.78, 5) is 14.0. The van der Waals surface area contributed by atoms with Crippen molar-refractivity contribution in [2.75, 3.05) is 13.1 Å². The quantitative estimate of drug-likeness (QED) is 0.884. The molecule has 3 nitrogen and oxygen atoms in total. The van der Waals surface area contributed by atoms with Crippen LogP contribution in [0.25, 0.3) is 0 Å². The van der Waals surface area contributed by atoms with Crippen LogP contribution >= 0.6 is 0 Å². The molecule has 1 aromatic carbocycles. The van der Waals surface area contributed by atoms with E-state index in [1.54, 1.807) is 0 Å². The van der Waals surface area contributed by atoms with Crippen molar-refractivity contribution in [2.24, 2.45) is 5.92 Å². The molecule has 1 heterocycles. The molecule has 3 heteroatoms. The number of likely N-dealkylation sites (tertiary alicyclic amines) is 1. The van der Waals surface area contributed by atoms with Gasteiger partial charge in [0.15, 0.2) is 0 Å². The molecule has 2 rings (SSSR count). The molecule has 0 aliphatic carbocycles. The van der Waals surface area contributed by atoms with Crippen LogP contribution < -0.4 is 5.32 Å². The fraction of sp³-hybridized carbons (Fsp3) is 0.562. The second-order valence-corrected chi connectivity index (χ2v) is 5.36. The van der Waals surface area contributed by atoms with E-state index in [0.717, 1.165) is 37.4 Å². The van der Waals surface area contributed by atoms with Gasteiger partial charge < -0.3 is 10.2 Å². The number of rotatable bonds is 4. The number of amides is 2. The van der Waals surface area contributed by atoms with Crippen molar-refractivity contribution in [1.82, 2.24) is 10.2 Å². The Labute approximate surface area is 116 Å².